The smallest absolute Gasteiger partial charge is 0.230 e. The number of aromatic nitrogens is 3. The molecule has 0 fully saturated rings. The van der Waals surface area contributed by atoms with E-state index in [1.54, 1.807) is 23.1 Å². The quantitative estimate of drug-likeness (QED) is 0.445. The predicted octanol–water partition coefficient (Wildman–Crippen LogP) is 5.23. The van der Waals surface area contributed by atoms with Gasteiger partial charge < -0.3 is 5.32 Å². The summed E-state index contributed by atoms with van der Waals surface area (Å²) in [7, 11) is 0. The van der Waals surface area contributed by atoms with Crippen LogP contribution in [0, 0.1) is 0 Å². The van der Waals surface area contributed by atoms with Crippen LogP contribution in [0.1, 0.15) is 19.0 Å². The fourth-order valence-electron chi connectivity index (χ4n) is 2.02. The Kier molecular flexibility index (Phi) is 7.95. The van der Waals surface area contributed by atoms with Gasteiger partial charge in [-0.05, 0) is 12.5 Å². The van der Waals surface area contributed by atoms with E-state index < -0.39 is 0 Å². The van der Waals surface area contributed by atoms with Crippen molar-refractivity contribution >= 4 is 63.7 Å². The molecule has 3 aromatic rings. The molecule has 0 radical (unpaired) electrons. The van der Waals surface area contributed by atoms with E-state index in [1.807, 2.05) is 36.6 Å². The van der Waals surface area contributed by atoms with Crippen molar-refractivity contribution in [2.24, 2.45) is 0 Å². The molecule has 0 aliphatic heterocycles. The van der Waals surface area contributed by atoms with E-state index in [4.69, 9.17) is 11.6 Å². The summed E-state index contributed by atoms with van der Waals surface area (Å²) in [5, 5.41) is 14.8. The molecule has 0 spiro atoms. The lowest BCUT2D eigenvalue weighted by Gasteiger charge is -2.00. The van der Waals surface area contributed by atoms with Crippen molar-refractivity contribution in [2.45, 2.75) is 27.8 Å². The van der Waals surface area contributed by atoms with E-state index in [-0.39, 0.29) is 5.91 Å². The van der Waals surface area contributed by atoms with Gasteiger partial charge in [0.2, 0.25) is 5.91 Å². The highest BCUT2D eigenvalue weighted by Crippen LogP contribution is 2.33. The van der Waals surface area contributed by atoms with Crippen LogP contribution in [0.2, 0.25) is 5.02 Å². The minimum Gasteiger partial charge on any atom is -0.355 e. The average Bonchev–Trinajstić information content (AvgIpc) is 3.33. The minimum absolute atomic E-state index is 0.0285. The molecule has 1 amide bonds. The SMILES string of the molecule is CCCNC(=O)CSc1nnc(SCc2csc(-c3ccccc3Cl)n2)s1. The molecule has 0 saturated heterocycles. The molecule has 2 aromatic heterocycles. The van der Waals surface area contributed by atoms with Gasteiger partial charge in [0.25, 0.3) is 0 Å². The molecular formula is C17H17ClN4OS4. The first-order valence-electron chi connectivity index (χ1n) is 8.20. The number of nitrogens with zero attached hydrogens (tertiary/aromatic N) is 3. The Morgan fingerprint density at radius 3 is 2.78 bits per heavy atom. The van der Waals surface area contributed by atoms with Crippen molar-refractivity contribution in [3.05, 3.63) is 40.4 Å². The van der Waals surface area contributed by atoms with Crippen molar-refractivity contribution in [1.29, 1.82) is 0 Å². The molecule has 5 nitrogen and oxygen atoms in total. The molecule has 0 aliphatic carbocycles. The van der Waals surface area contributed by atoms with Gasteiger partial charge in [-0.1, -0.05) is 71.6 Å². The molecule has 2 heterocycles. The fourth-order valence-corrected chi connectivity index (χ4v) is 6.01. The van der Waals surface area contributed by atoms with E-state index in [0.717, 1.165) is 37.1 Å². The lowest BCUT2D eigenvalue weighted by atomic mass is 10.2. The van der Waals surface area contributed by atoms with E-state index in [0.29, 0.717) is 17.3 Å². The Morgan fingerprint density at radius 2 is 2.00 bits per heavy atom. The van der Waals surface area contributed by atoms with E-state index in [2.05, 4.69) is 20.5 Å². The van der Waals surface area contributed by atoms with Crippen LogP contribution in [0.25, 0.3) is 10.6 Å². The topological polar surface area (TPSA) is 67.8 Å². The molecule has 1 aromatic carbocycles. The van der Waals surface area contributed by atoms with Crippen LogP contribution in [-0.4, -0.2) is 33.4 Å². The summed E-state index contributed by atoms with van der Waals surface area (Å²) in [5.74, 6) is 1.12. The van der Waals surface area contributed by atoms with E-state index >= 15 is 0 Å². The number of halogens is 1. The lowest BCUT2D eigenvalue weighted by molar-refractivity contribution is -0.118. The molecule has 0 unspecified atom stereocenters. The van der Waals surface area contributed by atoms with Gasteiger partial charge in [0.1, 0.15) is 5.01 Å². The monoisotopic (exact) mass is 456 g/mol. The average molecular weight is 457 g/mol. The van der Waals surface area contributed by atoms with Gasteiger partial charge in [0.15, 0.2) is 8.68 Å². The van der Waals surface area contributed by atoms with Crippen LogP contribution >= 0.6 is 57.8 Å². The first kappa shape index (κ1) is 20.6. The summed E-state index contributed by atoms with van der Waals surface area (Å²) < 4.78 is 1.68. The van der Waals surface area contributed by atoms with Crippen LogP contribution in [-0.2, 0) is 10.5 Å². The van der Waals surface area contributed by atoms with Crippen molar-refractivity contribution in [3.8, 4) is 10.6 Å². The zero-order valence-electron chi connectivity index (χ0n) is 14.5. The summed E-state index contributed by atoms with van der Waals surface area (Å²) in [6, 6.07) is 7.72. The first-order valence-corrected chi connectivity index (χ1v) is 12.3. The van der Waals surface area contributed by atoms with Crippen molar-refractivity contribution < 1.29 is 4.79 Å². The third-order valence-corrected chi connectivity index (χ3v) is 7.76. The number of carbonyl (C=O) groups is 1. The molecule has 0 aliphatic rings. The number of hydrogen-bond acceptors (Lipinski definition) is 8. The Hall–Kier alpha value is -1.13. The van der Waals surface area contributed by atoms with Crippen molar-refractivity contribution in [1.82, 2.24) is 20.5 Å². The van der Waals surface area contributed by atoms with Crippen molar-refractivity contribution in [2.75, 3.05) is 12.3 Å². The number of amides is 1. The van der Waals surface area contributed by atoms with Crippen LogP contribution in [0.15, 0.2) is 38.3 Å². The largest absolute Gasteiger partial charge is 0.355 e. The number of hydrogen-bond donors (Lipinski definition) is 1. The van der Waals surface area contributed by atoms with Gasteiger partial charge in [-0.2, -0.15) is 0 Å². The summed E-state index contributed by atoms with van der Waals surface area (Å²) in [4.78, 5) is 16.3. The highest BCUT2D eigenvalue weighted by Gasteiger charge is 2.11. The summed E-state index contributed by atoms with van der Waals surface area (Å²) in [6.07, 6.45) is 0.935. The maximum absolute atomic E-state index is 11.6. The molecule has 27 heavy (non-hydrogen) atoms. The molecule has 10 heteroatoms. The van der Waals surface area contributed by atoms with Gasteiger partial charge in [0.05, 0.1) is 16.5 Å². The number of carbonyl (C=O) groups excluding carboxylic acids is 1. The van der Waals surface area contributed by atoms with Crippen LogP contribution < -0.4 is 5.32 Å². The number of nitrogens with one attached hydrogen (secondary N) is 1. The summed E-state index contributed by atoms with van der Waals surface area (Å²) in [6.45, 7) is 2.74. The zero-order chi connectivity index (χ0) is 19.1. The van der Waals surface area contributed by atoms with Crippen LogP contribution in [0.5, 0.6) is 0 Å². The Bertz CT molecular complexity index is 898. The third-order valence-electron chi connectivity index (χ3n) is 3.29. The zero-order valence-corrected chi connectivity index (χ0v) is 18.5. The predicted molar refractivity (Wildman–Crippen MR) is 116 cm³/mol. The molecule has 3 rings (SSSR count). The molecule has 0 saturated carbocycles. The molecule has 0 atom stereocenters. The van der Waals surface area contributed by atoms with Gasteiger partial charge >= 0.3 is 0 Å². The standard InChI is InChI=1S/C17H17ClN4OS4/c1-2-7-19-14(23)10-26-17-22-21-16(27-17)25-9-11-8-24-15(20-11)12-5-3-4-6-13(12)18/h3-6,8H,2,7,9-10H2,1H3,(H,19,23). The number of rotatable bonds is 9. The normalized spacial score (nSPS) is 10.9. The van der Waals surface area contributed by atoms with Crippen LogP contribution in [0.4, 0.5) is 0 Å². The highest BCUT2D eigenvalue weighted by atomic mass is 35.5. The second-order valence-corrected chi connectivity index (χ2v) is 10.1. The summed E-state index contributed by atoms with van der Waals surface area (Å²) in [5.41, 5.74) is 1.94. The van der Waals surface area contributed by atoms with Gasteiger partial charge in [-0.3, -0.25) is 4.79 Å². The Balaban J connectivity index is 1.50. The van der Waals surface area contributed by atoms with E-state index in [1.165, 1.54) is 23.1 Å². The second kappa shape index (κ2) is 10.4. The van der Waals surface area contributed by atoms with Crippen molar-refractivity contribution in [3.63, 3.8) is 0 Å². The lowest BCUT2D eigenvalue weighted by Crippen LogP contribution is -2.25. The summed E-state index contributed by atoms with van der Waals surface area (Å²) >= 11 is 12.3. The maximum Gasteiger partial charge on any atom is 0.230 e. The number of thioether (sulfide) groups is 2. The molecular weight excluding hydrogens is 440 g/mol. The van der Waals surface area contributed by atoms with Gasteiger partial charge in [-0.15, -0.1) is 21.5 Å². The number of benzene rings is 1. The van der Waals surface area contributed by atoms with Gasteiger partial charge in [0, 0.05) is 23.2 Å². The molecule has 0 bridgehead atoms. The number of thiazole rings is 1. The molecule has 142 valence electrons. The third kappa shape index (κ3) is 6.18. The minimum atomic E-state index is 0.0285. The first-order chi connectivity index (χ1) is 13.2. The molecule has 1 N–H and O–H groups in total. The fraction of sp³-hybridized carbons (Fsp3) is 0.294. The Labute approximate surface area is 179 Å². The van der Waals surface area contributed by atoms with E-state index in [9.17, 15) is 4.79 Å². The highest BCUT2D eigenvalue weighted by molar-refractivity contribution is 8.03. The Morgan fingerprint density at radius 1 is 1.22 bits per heavy atom. The van der Waals surface area contributed by atoms with Crippen LogP contribution in [0.3, 0.4) is 0 Å². The van der Waals surface area contributed by atoms with Gasteiger partial charge in [-0.25, -0.2) is 4.98 Å². The second-order valence-electron chi connectivity index (χ2n) is 5.39. The maximum atomic E-state index is 11.6.